The summed E-state index contributed by atoms with van der Waals surface area (Å²) in [5, 5.41) is 2.34. The van der Waals surface area contributed by atoms with E-state index in [1.165, 1.54) is 0 Å². The first-order valence-corrected chi connectivity index (χ1v) is 5.32. The Kier molecular flexibility index (Phi) is 3.98. The Morgan fingerprint density at radius 3 is 2.07 bits per heavy atom. The second-order valence-electron chi connectivity index (χ2n) is 4.60. The molecular formula is C11H21N3. The SMILES string of the molecule is CC(C)CN(CC(C)C)n1ccnc1. The Bertz CT molecular complexity index is 229. The van der Waals surface area contributed by atoms with Gasteiger partial charge in [0.2, 0.25) is 0 Å². The first-order valence-electron chi connectivity index (χ1n) is 5.32. The number of hydrogen-bond donors (Lipinski definition) is 0. The summed E-state index contributed by atoms with van der Waals surface area (Å²) in [6, 6.07) is 0. The van der Waals surface area contributed by atoms with Crippen molar-refractivity contribution < 1.29 is 0 Å². The Balaban J connectivity index is 2.62. The number of aromatic nitrogens is 2. The molecule has 0 amide bonds. The van der Waals surface area contributed by atoms with Gasteiger partial charge in [0.15, 0.2) is 0 Å². The van der Waals surface area contributed by atoms with Crippen molar-refractivity contribution in [2.24, 2.45) is 11.8 Å². The highest BCUT2D eigenvalue weighted by molar-refractivity contribution is 4.90. The van der Waals surface area contributed by atoms with Gasteiger partial charge in [-0.3, -0.25) is 4.68 Å². The molecule has 0 unspecified atom stereocenters. The summed E-state index contributed by atoms with van der Waals surface area (Å²) in [5.74, 6) is 1.35. The number of nitrogens with zero attached hydrogens (tertiary/aromatic N) is 3. The van der Waals surface area contributed by atoms with Crippen LogP contribution in [0, 0.1) is 11.8 Å². The van der Waals surface area contributed by atoms with Gasteiger partial charge < -0.3 is 5.01 Å². The summed E-state index contributed by atoms with van der Waals surface area (Å²) in [7, 11) is 0. The molecule has 1 rings (SSSR count). The highest BCUT2D eigenvalue weighted by atomic mass is 15.5. The molecule has 1 aromatic heterocycles. The zero-order chi connectivity index (χ0) is 10.6. The molecule has 0 saturated heterocycles. The molecule has 0 aliphatic rings. The Morgan fingerprint density at radius 1 is 1.14 bits per heavy atom. The predicted molar refractivity (Wildman–Crippen MR) is 59.9 cm³/mol. The van der Waals surface area contributed by atoms with Gasteiger partial charge in [-0.2, -0.15) is 0 Å². The largest absolute Gasteiger partial charge is 0.311 e. The van der Waals surface area contributed by atoms with E-state index in [1.807, 2.05) is 18.7 Å². The van der Waals surface area contributed by atoms with Crippen molar-refractivity contribution >= 4 is 0 Å². The van der Waals surface area contributed by atoms with E-state index in [-0.39, 0.29) is 0 Å². The van der Waals surface area contributed by atoms with Crippen LogP contribution in [0.4, 0.5) is 0 Å². The van der Waals surface area contributed by atoms with Crippen LogP contribution in [-0.2, 0) is 0 Å². The third-order valence-corrected chi connectivity index (χ3v) is 1.97. The van der Waals surface area contributed by atoms with Crippen LogP contribution in [0.2, 0.25) is 0 Å². The van der Waals surface area contributed by atoms with Gasteiger partial charge in [-0.1, -0.05) is 27.7 Å². The van der Waals surface area contributed by atoms with Crippen molar-refractivity contribution in [3.05, 3.63) is 18.7 Å². The van der Waals surface area contributed by atoms with Crippen molar-refractivity contribution in [3.63, 3.8) is 0 Å². The van der Waals surface area contributed by atoms with E-state index in [0.29, 0.717) is 11.8 Å². The van der Waals surface area contributed by atoms with Crippen molar-refractivity contribution in [3.8, 4) is 0 Å². The van der Waals surface area contributed by atoms with E-state index in [0.717, 1.165) is 13.1 Å². The van der Waals surface area contributed by atoms with E-state index < -0.39 is 0 Å². The van der Waals surface area contributed by atoms with E-state index in [2.05, 4.69) is 42.4 Å². The van der Waals surface area contributed by atoms with Crippen LogP contribution in [0.5, 0.6) is 0 Å². The van der Waals surface area contributed by atoms with E-state index in [9.17, 15) is 0 Å². The standard InChI is InChI=1S/C11H21N3/c1-10(2)7-14(8-11(3)4)13-6-5-12-9-13/h5-6,9-11H,7-8H2,1-4H3. The van der Waals surface area contributed by atoms with Crippen LogP contribution in [0.25, 0.3) is 0 Å². The lowest BCUT2D eigenvalue weighted by molar-refractivity contribution is 0.461. The van der Waals surface area contributed by atoms with Crippen LogP contribution in [0.1, 0.15) is 27.7 Å². The van der Waals surface area contributed by atoms with Crippen LogP contribution in [0.15, 0.2) is 18.7 Å². The Labute approximate surface area is 86.7 Å². The molecule has 0 bridgehead atoms. The molecule has 1 aromatic rings. The van der Waals surface area contributed by atoms with Gasteiger partial charge in [-0.15, -0.1) is 0 Å². The van der Waals surface area contributed by atoms with Crippen molar-refractivity contribution in [2.45, 2.75) is 27.7 Å². The minimum absolute atomic E-state index is 0.677. The zero-order valence-electron chi connectivity index (χ0n) is 9.64. The quantitative estimate of drug-likeness (QED) is 0.717. The second-order valence-corrected chi connectivity index (χ2v) is 4.60. The van der Waals surface area contributed by atoms with Crippen LogP contribution in [-0.4, -0.2) is 22.7 Å². The summed E-state index contributed by atoms with van der Waals surface area (Å²) in [4.78, 5) is 4.08. The third-order valence-electron chi connectivity index (χ3n) is 1.97. The molecule has 0 aromatic carbocycles. The van der Waals surface area contributed by atoms with Gasteiger partial charge in [-0.25, -0.2) is 4.98 Å². The predicted octanol–water partition coefficient (Wildman–Crippen LogP) is 2.13. The second kappa shape index (κ2) is 5.03. The molecule has 0 aliphatic carbocycles. The maximum atomic E-state index is 4.08. The topological polar surface area (TPSA) is 21.1 Å². The molecule has 0 radical (unpaired) electrons. The Morgan fingerprint density at radius 2 is 1.71 bits per heavy atom. The molecule has 0 fully saturated rings. The molecule has 3 heteroatoms. The van der Waals surface area contributed by atoms with Gasteiger partial charge in [0.25, 0.3) is 0 Å². The lowest BCUT2D eigenvalue weighted by atomic mass is 10.2. The summed E-state index contributed by atoms with van der Waals surface area (Å²) >= 11 is 0. The molecule has 0 aliphatic heterocycles. The summed E-state index contributed by atoms with van der Waals surface area (Å²) < 4.78 is 2.08. The van der Waals surface area contributed by atoms with E-state index in [4.69, 9.17) is 0 Å². The number of imidazole rings is 1. The lowest BCUT2D eigenvalue weighted by Gasteiger charge is -2.28. The highest BCUT2D eigenvalue weighted by Gasteiger charge is 2.08. The van der Waals surface area contributed by atoms with E-state index in [1.54, 1.807) is 0 Å². The number of hydrogen-bond acceptors (Lipinski definition) is 2. The first kappa shape index (κ1) is 11.1. The lowest BCUT2D eigenvalue weighted by Crippen LogP contribution is -2.39. The van der Waals surface area contributed by atoms with Gasteiger partial charge in [0.1, 0.15) is 6.33 Å². The normalized spacial score (nSPS) is 11.3. The van der Waals surface area contributed by atoms with Gasteiger partial charge >= 0.3 is 0 Å². The molecule has 0 N–H and O–H groups in total. The van der Waals surface area contributed by atoms with Crippen molar-refractivity contribution in [1.29, 1.82) is 0 Å². The van der Waals surface area contributed by atoms with Crippen molar-refractivity contribution in [1.82, 2.24) is 9.66 Å². The van der Waals surface area contributed by atoms with Crippen LogP contribution < -0.4 is 5.01 Å². The molecule has 14 heavy (non-hydrogen) atoms. The average molecular weight is 195 g/mol. The average Bonchev–Trinajstić information content (AvgIpc) is 2.52. The minimum atomic E-state index is 0.677. The molecule has 1 heterocycles. The van der Waals surface area contributed by atoms with E-state index >= 15 is 0 Å². The summed E-state index contributed by atoms with van der Waals surface area (Å²) in [6.45, 7) is 11.1. The monoisotopic (exact) mass is 195 g/mol. The molecular weight excluding hydrogens is 174 g/mol. The van der Waals surface area contributed by atoms with Gasteiger partial charge in [-0.05, 0) is 11.8 Å². The summed E-state index contributed by atoms with van der Waals surface area (Å²) in [6.07, 6.45) is 5.70. The third kappa shape index (κ3) is 3.40. The smallest absolute Gasteiger partial charge is 0.114 e. The molecule has 3 nitrogen and oxygen atoms in total. The minimum Gasteiger partial charge on any atom is -0.311 e. The summed E-state index contributed by atoms with van der Waals surface area (Å²) in [5.41, 5.74) is 0. The van der Waals surface area contributed by atoms with Crippen LogP contribution >= 0.6 is 0 Å². The van der Waals surface area contributed by atoms with Crippen LogP contribution in [0.3, 0.4) is 0 Å². The number of rotatable bonds is 5. The molecule has 80 valence electrons. The molecule has 0 saturated carbocycles. The van der Waals surface area contributed by atoms with Gasteiger partial charge in [0, 0.05) is 25.5 Å². The molecule has 0 atom stereocenters. The zero-order valence-corrected chi connectivity index (χ0v) is 9.64. The van der Waals surface area contributed by atoms with Gasteiger partial charge in [0.05, 0.1) is 0 Å². The fraction of sp³-hybridized carbons (Fsp3) is 0.727. The maximum absolute atomic E-state index is 4.08. The highest BCUT2D eigenvalue weighted by Crippen LogP contribution is 2.03. The first-order chi connectivity index (χ1) is 6.59. The van der Waals surface area contributed by atoms with Crippen molar-refractivity contribution in [2.75, 3.05) is 18.1 Å². The maximum Gasteiger partial charge on any atom is 0.114 e. The fourth-order valence-corrected chi connectivity index (χ4v) is 1.53. The molecule has 0 spiro atoms. The Hall–Kier alpha value is -0.990. The fourth-order valence-electron chi connectivity index (χ4n) is 1.53.